The smallest absolute Gasteiger partial charge is 0.406 e. The molecule has 1 saturated heterocycles. The molecule has 2 N–H and O–H groups in total. The monoisotopic (exact) mass is 943 g/mol. The molecule has 0 spiro atoms. The number of fused-ring (bicyclic) bond motifs is 1. The van der Waals surface area contributed by atoms with Crippen molar-refractivity contribution in [2.45, 2.75) is 50.9 Å². The lowest BCUT2D eigenvalue weighted by molar-refractivity contribution is -0.384. The van der Waals surface area contributed by atoms with Crippen molar-refractivity contribution in [3.8, 4) is 11.5 Å². The van der Waals surface area contributed by atoms with Crippen molar-refractivity contribution in [1.29, 1.82) is 0 Å². The molecular weight excluding hydrogens is 899 g/mol. The summed E-state index contributed by atoms with van der Waals surface area (Å²) in [6.45, 7) is 8.19. The quantitative estimate of drug-likeness (QED) is 0.0790. The summed E-state index contributed by atoms with van der Waals surface area (Å²) < 4.78 is 73.0. The van der Waals surface area contributed by atoms with Gasteiger partial charge in [0.05, 0.1) is 15.4 Å². The molecule has 1 amide bonds. The van der Waals surface area contributed by atoms with Crippen LogP contribution in [0.25, 0.3) is 16.6 Å². The number of pyridine rings is 1. The Morgan fingerprint density at radius 3 is 2.47 bits per heavy atom. The molecule has 0 bridgehead atoms. The fourth-order valence-electron chi connectivity index (χ4n) is 8.26. The molecule has 2 aliphatic rings. The van der Waals surface area contributed by atoms with Crippen LogP contribution in [-0.4, -0.2) is 72.9 Å². The van der Waals surface area contributed by atoms with E-state index >= 15 is 0 Å². The topological polar surface area (TPSA) is 161 Å². The maximum atomic E-state index is 14.0. The van der Waals surface area contributed by atoms with Gasteiger partial charge in [-0.1, -0.05) is 55.3 Å². The molecule has 344 valence electrons. The molecule has 8 rings (SSSR count). The average Bonchev–Trinajstić information content (AvgIpc) is 3.68. The van der Waals surface area contributed by atoms with Crippen LogP contribution >= 0.6 is 11.6 Å². The van der Waals surface area contributed by atoms with Gasteiger partial charge in [-0.15, -0.1) is 13.2 Å². The van der Waals surface area contributed by atoms with E-state index in [9.17, 15) is 36.5 Å². The standard InChI is InChI=1S/C47H45ClF3N7O7S/c1-46(2)18-16-34(40(28-46)32-8-10-35(48)11-9-32)30-55-21-23-56(24-22-55)36-12-14-39(43(26-36)65-57-20-17-33-6-4-19-52-44(33)57)45(59)54-66(62,63)38-13-15-41(42(27-38)58(60)61)53-29-31-5-3-7-37(25-31)64-47(49,50)51/h3-15,17,19-20,25-27,53H,16,18,21-24,28-30H2,1-2H3,(H,54,59). The predicted octanol–water partition coefficient (Wildman–Crippen LogP) is 9.86. The second kappa shape index (κ2) is 18.7. The van der Waals surface area contributed by atoms with Crippen molar-refractivity contribution in [2.75, 3.05) is 42.9 Å². The Labute approximate surface area is 383 Å². The van der Waals surface area contributed by atoms with Gasteiger partial charge in [-0.3, -0.25) is 19.8 Å². The number of sulfonamides is 1. The lowest BCUT2D eigenvalue weighted by Crippen LogP contribution is -2.47. The van der Waals surface area contributed by atoms with Crippen molar-refractivity contribution in [1.82, 2.24) is 19.3 Å². The Kier molecular flexibility index (Phi) is 13.0. The molecule has 14 nitrogen and oxygen atoms in total. The van der Waals surface area contributed by atoms with Gasteiger partial charge in [0.15, 0.2) is 11.4 Å². The fraction of sp³-hybridized carbons (Fsp3) is 0.277. The summed E-state index contributed by atoms with van der Waals surface area (Å²) in [5.41, 5.74) is 4.79. The van der Waals surface area contributed by atoms with Gasteiger partial charge in [0.2, 0.25) is 0 Å². The van der Waals surface area contributed by atoms with E-state index in [1.54, 1.807) is 36.7 Å². The Balaban J connectivity index is 1.00. The van der Waals surface area contributed by atoms with Gasteiger partial charge in [-0.05, 0) is 108 Å². The summed E-state index contributed by atoms with van der Waals surface area (Å²) >= 11 is 6.23. The number of alkyl halides is 3. The molecule has 19 heteroatoms. The van der Waals surface area contributed by atoms with Crippen LogP contribution in [0.5, 0.6) is 11.5 Å². The maximum absolute atomic E-state index is 14.0. The van der Waals surface area contributed by atoms with Gasteiger partial charge in [-0.25, -0.2) is 18.1 Å². The molecule has 0 saturated carbocycles. The van der Waals surface area contributed by atoms with E-state index in [4.69, 9.17) is 16.4 Å². The number of nitrogens with zero attached hydrogens (tertiary/aromatic N) is 5. The summed E-state index contributed by atoms with van der Waals surface area (Å²) in [6, 6.07) is 26.3. The number of hydrogen-bond acceptors (Lipinski definition) is 11. The number of ether oxygens (including phenoxy) is 1. The molecular formula is C47H45ClF3N7O7S. The summed E-state index contributed by atoms with van der Waals surface area (Å²) in [7, 11) is -4.72. The fourth-order valence-corrected chi connectivity index (χ4v) is 9.37. The van der Waals surface area contributed by atoms with Crippen LogP contribution in [0.3, 0.4) is 0 Å². The molecule has 6 aromatic rings. The van der Waals surface area contributed by atoms with Gasteiger partial charge in [0.1, 0.15) is 11.4 Å². The number of anilines is 2. The number of benzene rings is 4. The summed E-state index contributed by atoms with van der Waals surface area (Å²) in [5, 5.41) is 16.3. The normalized spacial score (nSPS) is 15.7. The number of halogens is 4. The lowest BCUT2D eigenvalue weighted by Gasteiger charge is -2.39. The second-order valence-electron chi connectivity index (χ2n) is 16.9. The second-order valence-corrected chi connectivity index (χ2v) is 19.1. The zero-order valence-electron chi connectivity index (χ0n) is 35.8. The van der Waals surface area contributed by atoms with Crippen molar-refractivity contribution in [3.05, 3.63) is 153 Å². The first-order chi connectivity index (χ1) is 31.4. The van der Waals surface area contributed by atoms with Crippen LogP contribution in [0.2, 0.25) is 5.02 Å². The lowest BCUT2D eigenvalue weighted by atomic mass is 9.72. The van der Waals surface area contributed by atoms with Crippen LogP contribution in [0.4, 0.5) is 30.2 Å². The van der Waals surface area contributed by atoms with Crippen molar-refractivity contribution < 1.29 is 40.9 Å². The van der Waals surface area contributed by atoms with Gasteiger partial charge >= 0.3 is 6.36 Å². The Morgan fingerprint density at radius 1 is 0.955 bits per heavy atom. The highest BCUT2D eigenvalue weighted by molar-refractivity contribution is 7.90. The zero-order chi connectivity index (χ0) is 46.8. The third-order valence-electron chi connectivity index (χ3n) is 11.7. The number of allylic oxidation sites excluding steroid dienone is 1. The van der Waals surface area contributed by atoms with Gasteiger partial charge in [-0.2, -0.15) is 4.73 Å². The molecule has 1 fully saturated rings. The van der Waals surface area contributed by atoms with E-state index < -0.39 is 43.5 Å². The molecule has 0 radical (unpaired) electrons. The van der Waals surface area contributed by atoms with Gasteiger partial charge in [0.25, 0.3) is 21.6 Å². The minimum absolute atomic E-state index is 0.0311. The molecule has 2 aromatic heterocycles. The Hall–Kier alpha value is -6.63. The number of carbonyl (C=O) groups is 1. The highest BCUT2D eigenvalue weighted by Crippen LogP contribution is 2.43. The largest absolute Gasteiger partial charge is 0.573 e. The summed E-state index contributed by atoms with van der Waals surface area (Å²) in [6.07, 6.45) is 1.40. The van der Waals surface area contributed by atoms with E-state index in [2.05, 4.69) is 50.8 Å². The third kappa shape index (κ3) is 10.9. The van der Waals surface area contributed by atoms with E-state index in [1.165, 1.54) is 39.6 Å². The zero-order valence-corrected chi connectivity index (χ0v) is 37.4. The predicted molar refractivity (Wildman–Crippen MR) is 245 cm³/mol. The molecule has 1 aliphatic heterocycles. The molecule has 66 heavy (non-hydrogen) atoms. The van der Waals surface area contributed by atoms with Crippen LogP contribution in [0, 0.1) is 15.5 Å². The first kappa shape index (κ1) is 45.9. The third-order valence-corrected chi connectivity index (χ3v) is 13.3. The van der Waals surface area contributed by atoms with Crippen LogP contribution in [0.1, 0.15) is 54.6 Å². The molecule has 0 atom stereocenters. The van der Waals surface area contributed by atoms with Crippen LogP contribution in [-0.2, 0) is 16.6 Å². The molecule has 4 aromatic carbocycles. The number of nitrogens with one attached hydrogen (secondary N) is 2. The first-order valence-electron chi connectivity index (χ1n) is 21.0. The minimum atomic E-state index is -4.92. The number of carbonyl (C=O) groups excluding carboxylic acids is 1. The maximum Gasteiger partial charge on any atom is 0.573 e. The Morgan fingerprint density at radius 2 is 1.73 bits per heavy atom. The first-order valence-corrected chi connectivity index (χ1v) is 22.9. The van der Waals surface area contributed by atoms with E-state index in [-0.39, 0.29) is 29.0 Å². The SMILES string of the molecule is CC1(C)CCC(CN2CCN(c3ccc(C(=O)NS(=O)(=O)c4ccc(NCc5cccc(OC(F)(F)F)c5)c([N+](=O)[O-])c4)c(On4ccc5cccnc54)c3)CC2)=C(c2ccc(Cl)cc2)C1. The number of rotatable bonds is 14. The highest BCUT2D eigenvalue weighted by Gasteiger charge is 2.32. The van der Waals surface area contributed by atoms with E-state index in [0.29, 0.717) is 29.3 Å². The number of piperazine rings is 1. The van der Waals surface area contributed by atoms with Crippen molar-refractivity contribution in [2.24, 2.45) is 5.41 Å². The Bertz CT molecular complexity index is 2940. The molecule has 1 aliphatic carbocycles. The number of amides is 1. The summed E-state index contributed by atoms with van der Waals surface area (Å²) in [5.74, 6) is -1.51. The molecule has 0 unspecified atom stereocenters. The highest BCUT2D eigenvalue weighted by atomic mass is 35.5. The number of nitro groups is 1. The van der Waals surface area contributed by atoms with Crippen LogP contribution in [0.15, 0.2) is 126 Å². The van der Waals surface area contributed by atoms with Crippen molar-refractivity contribution >= 4 is 61.2 Å². The minimum Gasteiger partial charge on any atom is -0.406 e. The van der Waals surface area contributed by atoms with Gasteiger partial charge < -0.3 is 19.8 Å². The van der Waals surface area contributed by atoms with Crippen LogP contribution < -0.4 is 24.5 Å². The number of hydrogen-bond donors (Lipinski definition) is 2. The number of nitro benzene ring substituents is 1. The van der Waals surface area contributed by atoms with Crippen molar-refractivity contribution in [3.63, 3.8) is 0 Å². The summed E-state index contributed by atoms with van der Waals surface area (Å²) in [4.78, 5) is 40.0. The average molecular weight is 944 g/mol. The number of aromatic nitrogens is 2. The van der Waals surface area contributed by atoms with E-state index in [0.717, 1.165) is 80.3 Å². The van der Waals surface area contributed by atoms with E-state index in [1.807, 2.05) is 22.9 Å². The molecule has 3 heterocycles. The van der Waals surface area contributed by atoms with Gasteiger partial charge in [0, 0.05) is 79.9 Å².